The Kier molecular flexibility index (Phi) is 2.64. The zero-order chi connectivity index (χ0) is 11.7. The molecule has 1 aromatic rings. The smallest absolute Gasteiger partial charge is 0.0703 e. The van der Waals surface area contributed by atoms with E-state index in [9.17, 15) is 0 Å². The highest BCUT2D eigenvalue weighted by molar-refractivity contribution is 5.35. The molecule has 2 nitrogen and oxygen atoms in total. The molecule has 0 aliphatic heterocycles. The topological polar surface area (TPSA) is 35.8 Å². The fraction of sp³-hybridized carbons (Fsp3) is 0.533. The van der Waals surface area contributed by atoms with Gasteiger partial charge in [0.2, 0.25) is 0 Å². The molecule has 0 atom stereocenters. The SMILES string of the molecule is N#CC1(CNCc2ccc3c(c2)CCC3)CC1. The largest absolute Gasteiger partial charge is 0.311 e. The summed E-state index contributed by atoms with van der Waals surface area (Å²) in [5.41, 5.74) is 4.39. The van der Waals surface area contributed by atoms with Crippen molar-refractivity contribution < 1.29 is 0 Å². The number of aryl methyl sites for hydroxylation is 2. The molecule has 2 heteroatoms. The molecule has 0 aromatic heterocycles. The first-order chi connectivity index (χ1) is 8.31. The minimum Gasteiger partial charge on any atom is -0.311 e. The van der Waals surface area contributed by atoms with Gasteiger partial charge in [-0.25, -0.2) is 0 Å². The molecule has 3 rings (SSSR count). The van der Waals surface area contributed by atoms with Crippen LogP contribution in [-0.4, -0.2) is 6.54 Å². The quantitative estimate of drug-likeness (QED) is 0.856. The Labute approximate surface area is 103 Å². The lowest BCUT2D eigenvalue weighted by Crippen LogP contribution is -2.22. The van der Waals surface area contributed by atoms with Gasteiger partial charge in [-0.2, -0.15) is 5.26 Å². The van der Waals surface area contributed by atoms with Crippen molar-refractivity contribution in [2.24, 2.45) is 5.41 Å². The molecule has 2 aliphatic carbocycles. The highest BCUT2D eigenvalue weighted by Crippen LogP contribution is 2.44. The van der Waals surface area contributed by atoms with Crippen LogP contribution in [0.3, 0.4) is 0 Å². The van der Waals surface area contributed by atoms with Gasteiger partial charge in [0.25, 0.3) is 0 Å². The van der Waals surface area contributed by atoms with Crippen LogP contribution in [0.5, 0.6) is 0 Å². The van der Waals surface area contributed by atoms with Gasteiger partial charge in [-0.05, 0) is 48.8 Å². The summed E-state index contributed by atoms with van der Waals surface area (Å²) in [6.45, 7) is 1.75. The molecule has 0 saturated heterocycles. The maximum atomic E-state index is 8.99. The summed E-state index contributed by atoms with van der Waals surface area (Å²) in [6.07, 6.45) is 5.94. The molecular weight excluding hydrogens is 208 g/mol. The molecule has 1 fully saturated rings. The van der Waals surface area contributed by atoms with E-state index in [0.29, 0.717) is 0 Å². The molecule has 2 aliphatic rings. The molecule has 0 unspecified atom stereocenters. The van der Waals surface area contributed by atoms with Crippen LogP contribution in [0.2, 0.25) is 0 Å². The Morgan fingerprint density at radius 3 is 2.82 bits per heavy atom. The summed E-state index contributed by atoms with van der Waals surface area (Å²) in [5, 5.41) is 12.4. The molecule has 1 aromatic carbocycles. The van der Waals surface area contributed by atoms with Crippen molar-refractivity contribution in [1.29, 1.82) is 5.26 Å². The summed E-state index contributed by atoms with van der Waals surface area (Å²) in [7, 11) is 0. The lowest BCUT2D eigenvalue weighted by molar-refractivity contribution is 0.558. The summed E-state index contributed by atoms with van der Waals surface area (Å²) in [5.74, 6) is 0. The maximum Gasteiger partial charge on any atom is 0.0703 e. The van der Waals surface area contributed by atoms with E-state index in [1.807, 2.05) is 0 Å². The zero-order valence-electron chi connectivity index (χ0n) is 10.1. The van der Waals surface area contributed by atoms with E-state index in [2.05, 4.69) is 29.6 Å². The van der Waals surface area contributed by atoms with Crippen LogP contribution < -0.4 is 5.32 Å². The number of fused-ring (bicyclic) bond motifs is 1. The van der Waals surface area contributed by atoms with Crippen molar-refractivity contribution in [1.82, 2.24) is 5.32 Å². The van der Waals surface area contributed by atoms with Crippen molar-refractivity contribution in [3.05, 3.63) is 34.9 Å². The van der Waals surface area contributed by atoms with Crippen LogP contribution >= 0.6 is 0 Å². The molecule has 1 N–H and O–H groups in total. The van der Waals surface area contributed by atoms with Crippen LogP contribution in [-0.2, 0) is 19.4 Å². The first-order valence-electron chi connectivity index (χ1n) is 6.54. The zero-order valence-corrected chi connectivity index (χ0v) is 10.1. The number of nitrogens with one attached hydrogen (secondary N) is 1. The molecular formula is C15H18N2. The van der Waals surface area contributed by atoms with Gasteiger partial charge in [-0.3, -0.25) is 0 Å². The van der Waals surface area contributed by atoms with Gasteiger partial charge in [0.1, 0.15) is 0 Å². The van der Waals surface area contributed by atoms with E-state index in [1.54, 1.807) is 0 Å². The second kappa shape index (κ2) is 4.16. The van der Waals surface area contributed by atoms with Crippen LogP contribution in [0.25, 0.3) is 0 Å². The highest BCUT2D eigenvalue weighted by atomic mass is 14.9. The van der Waals surface area contributed by atoms with E-state index in [-0.39, 0.29) is 5.41 Å². The Hall–Kier alpha value is -1.33. The van der Waals surface area contributed by atoms with Crippen LogP contribution in [0, 0.1) is 16.7 Å². The van der Waals surface area contributed by atoms with E-state index in [0.717, 1.165) is 25.9 Å². The van der Waals surface area contributed by atoms with Crippen LogP contribution in [0.4, 0.5) is 0 Å². The number of benzene rings is 1. The first-order valence-corrected chi connectivity index (χ1v) is 6.54. The number of hydrogen-bond acceptors (Lipinski definition) is 2. The molecule has 0 bridgehead atoms. The van der Waals surface area contributed by atoms with Gasteiger partial charge in [0.05, 0.1) is 11.5 Å². The lowest BCUT2D eigenvalue weighted by atomic mass is 10.1. The predicted molar refractivity (Wildman–Crippen MR) is 67.5 cm³/mol. The predicted octanol–water partition coefficient (Wildman–Crippen LogP) is 2.57. The van der Waals surface area contributed by atoms with Gasteiger partial charge in [0.15, 0.2) is 0 Å². The minimum absolute atomic E-state index is 0.0310. The first kappa shape index (κ1) is 10.8. The van der Waals surface area contributed by atoms with E-state index < -0.39 is 0 Å². The Balaban J connectivity index is 1.57. The molecule has 0 amide bonds. The second-order valence-corrected chi connectivity index (χ2v) is 5.45. The number of rotatable bonds is 4. The molecule has 0 radical (unpaired) electrons. The third-order valence-electron chi connectivity index (χ3n) is 4.05. The van der Waals surface area contributed by atoms with Gasteiger partial charge in [0, 0.05) is 13.1 Å². The average Bonchev–Trinajstić information content (AvgIpc) is 2.98. The lowest BCUT2D eigenvalue weighted by Gasteiger charge is -2.09. The van der Waals surface area contributed by atoms with Gasteiger partial charge in [-0.15, -0.1) is 0 Å². The van der Waals surface area contributed by atoms with E-state index >= 15 is 0 Å². The summed E-state index contributed by atoms with van der Waals surface area (Å²) in [6, 6.07) is 9.25. The molecule has 88 valence electrons. The minimum atomic E-state index is -0.0310. The van der Waals surface area contributed by atoms with Crippen molar-refractivity contribution >= 4 is 0 Å². The molecule has 0 heterocycles. The summed E-state index contributed by atoms with van der Waals surface area (Å²) in [4.78, 5) is 0. The Morgan fingerprint density at radius 2 is 2.06 bits per heavy atom. The number of nitrogens with zero attached hydrogens (tertiary/aromatic N) is 1. The van der Waals surface area contributed by atoms with Crippen molar-refractivity contribution in [2.75, 3.05) is 6.54 Å². The highest BCUT2D eigenvalue weighted by Gasteiger charge is 2.42. The third-order valence-corrected chi connectivity index (χ3v) is 4.05. The monoisotopic (exact) mass is 226 g/mol. The molecule has 0 spiro atoms. The standard InChI is InChI=1S/C15H18N2/c16-10-15(6-7-15)11-17-9-12-4-5-13-2-1-3-14(13)8-12/h4-5,8,17H,1-3,6-7,9,11H2. The summed E-state index contributed by atoms with van der Waals surface area (Å²) < 4.78 is 0. The van der Waals surface area contributed by atoms with Crippen molar-refractivity contribution in [3.8, 4) is 6.07 Å². The second-order valence-electron chi connectivity index (χ2n) is 5.45. The van der Waals surface area contributed by atoms with E-state index in [4.69, 9.17) is 5.26 Å². The van der Waals surface area contributed by atoms with Crippen molar-refractivity contribution in [3.63, 3.8) is 0 Å². The Bertz CT molecular complexity index is 466. The van der Waals surface area contributed by atoms with Crippen LogP contribution in [0.1, 0.15) is 36.0 Å². The van der Waals surface area contributed by atoms with Crippen molar-refractivity contribution in [2.45, 2.75) is 38.6 Å². The van der Waals surface area contributed by atoms with Gasteiger partial charge >= 0.3 is 0 Å². The normalized spacial score (nSPS) is 19.7. The van der Waals surface area contributed by atoms with E-state index in [1.165, 1.54) is 36.0 Å². The third kappa shape index (κ3) is 2.21. The fourth-order valence-electron chi connectivity index (χ4n) is 2.66. The van der Waals surface area contributed by atoms with Crippen LogP contribution in [0.15, 0.2) is 18.2 Å². The summed E-state index contributed by atoms with van der Waals surface area (Å²) >= 11 is 0. The van der Waals surface area contributed by atoms with Gasteiger partial charge < -0.3 is 5.32 Å². The molecule has 1 saturated carbocycles. The van der Waals surface area contributed by atoms with Gasteiger partial charge in [-0.1, -0.05) is 18.2 Å². The fourth-order valence-corrected chi connectivity index (χ4v) is 2.66. The number of hydrogen-bond donors (Lipinski definition) is 1. The molecule has 17 heavy (non-hydrogen) atoms. The Morgan fingerprint density at radius 1 is 1.24 bits per heavy atom. The maximum absolute atomic E-state index is 8.99. The number of nitriles is 1. The average molecular weight is 226 g/mol.